The zero-order valence-corrected chi connectivity index (χ0v) is 17.7. The molecule has 0 N–H and O–H groups in total. The minimum absolute atomic E-state index is 0.00714. The molecule has 0 aliphatic heterocycles. The van der Waals surface area contributed by atoms with Crippen LogP contribution in [0, 0.1) is 0 Å². The number of Topliss-reactive ketones (excluding diaryl/α,β-unsaturated/α-hetero) is 1. The molecule has 1 aliphatic carbocycles. The number of rotatable bonds is 7. The van der Waals surface area contributed by atoms with Gasteiger partial charge in [-0.25, -0.2) is 0 Å². The molecular formula is C22H22ClN3O2S. The van der Waals surface area contributed by atoms with Gasteiger partial charge in [-0.05, 0) is 37.1 Å². The first-order valence-corrected chi connectivity index (χ1v) is 11.0. The first-order valence-electron chi connectivity index (χ1n) is 9.68. The summed E-state index contributed by atoms with van der Waals surface area (Å²) in [5, 5.41) is 10.3. The van der Waals surface area contributed by atoms with Gasteiger partial charge in [-0.1, -0.05) is 60.5 Å². The average molecular weight is 428 g/mol. The van der Waals surface area contributed by atoms with Gasteiger partial charge in [0.15, 0.2) is 16.8 Å². The van der Waals surface area contributed by atoms with Crippen molar-refractivity contribution in [2.75, 3.05) is 12.9 Å². The second-order valence-corrected chi connectivity index (χ2v) is 8.36. The summed E-state index contributed by atoms with van der Waals surface area (Å²) in [4.78, 5) is 12.8. The van der Waals surface area contributed by atoms with Gasteiger partial charge in [0.2, 0.25) is 0 Å². The number of nitrogens with zero attached hydrogens (tertiary/aromatic N) is 3. The number of thioether (sulfide) groups is 1. The number of ketones is 1. The van der Waals surface area contributed by atoms with Crippen LogP contribution in [0.3, 0.4) is 0 Å². The Bertz CT molecular complexity index is 1010. The lowest BCUT2D eigenvalue weighted by atomic mass is 10.1. The monoisotopic (exact) mass is 427 g/mol. The molecule has 4 rings (SSSR count). The lowest BCUT2D eigenvalue weighted by Gasteiger charge is -2.17. The number of para-hydroxylation sites is 1. The van der Waals surface area contributed by atoms with E-state index in [0.717, 1.165) is 29.4 Å². The normalized spacial score (nSPS) is 14.3. The highest BCUT2D eigenvalue weighted by Gasteiger charge is 2.26. The summed E-state index contributed by atoms with van der Waals surface area (Å²) in [6.07, 6.45) is 4.55. The van der Waals surface area contributed by atoms with Crippen LogP contribution < -0.4 is 4.74 Å². The molecule has 0 spiro atoms. The van der Waals surface area contributed by atoms with Crippen LogP contribution in [0.2, 0.25) is 5.02 Å². The Balaban J connectivity index is 1.62. The van der Waals surface area contributed by atoms with Crippen molar-refractivity contribution >= 4 is 29.1 Å². The third kappa shape index (κ3) is 4.19. The number of aromatic nitrogens is 3. The molecule has 7 heteroatoms. The number of ether oxygens (including phenoxy) is 1. The van der Waals surface area contributed by atoms with Crippen molar-refractivity contribution in [3.05, 3.63) is 59.1 Å². The zero-order chi connectivity index (χ0) is 20.2. The van der Waals surface area contributed by atoms with Crippen LogP contribution in [-0.2, 0) is 0 Å². The molecule has 1 heterocycles. The number of carbonyl (C=O) groups is 1. The van der Waals surface area contributed by atoms with E-state index in [1.807, 2.05) is 36.4 Å². The van der Waals surface area contributed by atoms with Crippen LogP contribution in [0.25, 0.3) is 11.4 Å². The first kappa shape index (κ1) is 20.0. The minimum Gasteiger partial charge on any atom is -0.496 e. The standard InChI is InChI=1S/C22H22ClN3O2S/c1-28-20-13-7-5-11-17(20)19(27)14-29-22-25-24-21(16-10-4-6-12-18(16)23)26(22)15-8-2-3-9-15/h4-7,10-13,15H,2-3,8-9,14H2,1H3. The van der Waals surface area contributed by atoms with Crippen LogP contribution in [0.1, 0.15) is 42.1 Å². The summed E-state index contributed by atoms with van der Waals surface area (Å²) in [6, 6.07) is 15.3. The van der Waals surface area contributed by atoms with E-state index in [1.54, 1.807) is 19.2 Å². The largest absolute Gasteiger partial charge is 0.496 e. The summed E-state index contributed by atoms with van der Waals surface area (Å²) < 4.78 is 7.50. The smallest absolute Gasteiger partial charge is 0.192 e. The molecule has 1 aliphatic rings. The molecule has 0 amide bonds. The van der Waals surface area contributed by atoms with E-state index < -0.39 is 0 Å². The van der Waals surface area contributed by atoms with Crippen LogP contribution in [-0.4, -0.2) is 33.4 Å². The van der Waals surface area contributed by atoms with Crippen molar-refractivity contribution in [2.45, 2.75) is 36.9 Å². The van der Waals surface area contributed by atoms with Crippen molar-refractivity contribution in [2.24, 2.45) is 0 Å². The molecule has 0 atom stereocenters. The maximum absolute atomic E-state index is 12.8. The number of hydrogen-bond acceptors (Lipinski definition) is 5. The second kappa shape index (κ2) is 9.01. The number of benzene rings is 2. The highest BCUT2D eigenvalue weighted by Crippen LogP contribution is 2.38. The van der Waals surface area contributed by atoms with Gasteiger partial charge in [-0.2, -0.15) is 0 Å². The lowest BCUT2D eigenvalue weighted by Crippen LogP contribution is -2.10. The summed E-state index contributed by atoms with van der Waals surface area (Å²) in [5.41, 5.74) is 1.46. The van der Waals surface area contributed by atoms with Gasteiger partial charge in [0.1, 0.15) is 5.75 Å². The van der Waals surface area contributed by atoms with E-state index in [4.69, 9.17) is 16.3 Å². The van der Waals surface area contributed by atoms with Crippen LogP contribution in [0.15, 0.2) is 53.7 Å². The van der Waals surface area contributed by atoms with Crippen molar-refractivity contribution < 1.29 is 9.53 Å². The van der Waals surface area contributed by atoms with Crippen LogP contribution >= 0.6 is 23.4 Å². The highest BCUT2D eigenvalue weighted by molar-refractivity contribution is 7.99. The maximum atomic E-state index is 12.8. The summed E-state index contributed by atoms with van der Waals surface area (Å²) >= 11 is 7.85. The Hall–Kier alpha value is -2.31. The number of halogens is 1. The second-order valence-electron chi connectivity index (χ2n) is 7.01. The molecule has 1 aromatic heterocycles. The zero-order valence-electron chi connectivity index (χ0n) is 16.2. The maximum Gasteiger partial charge on any atom is 0.192 e. The van der Waals surface area contributed by atoms with Gasteiger partial charge in [-0.15, -0.1) is 10.2 Å². The molecule has 29 heavy (non-hydrogen) atoms. The molecule has 150 valence electrons. The Labute approximate surface area is 179 Å². The molecule has 0 radical (unpaired) electrons. The number of hydrogen-bond donors (Lipinski definition) is 0. The average Bonchev–Trinajstić information content (AvgIpc) is 3.42. The topological polar surface area (TPSA) is 57.0 Å². The quantitative estimate of drug-likeness (QED) is 0.357. The fourth-order valence-corrected chi connectivity index (χ4v) is 4.89. The predicted molar refractivity (Wildman–Crippen MR) is 116 cm³/mol. The summed E-state index contributed by atoms with van der Waals surface area (Å²) in [5.74, 6) is 1.64. The Kier molecular flexibility index (Phi) is 6.21. The van der Waals surface area contributed by atoms with E-state index in [1.165, 1.54) is 24.6 Å². The fraction of sp³-hybridized carbons (Fsp3) is 0.318. The van der Waals surface area contributed by atoms with Crippen molar-refractivity contribution in [1.29, 1.82) is 0 Å². The van der Waals surface area contributed by atoms with Gasteiger partial charge in [0, 0.05) is 11.6 Å². The summed E-state index contributed by atoms with van der Waals surface area (Å²) in [7, 11) is 1.58. The molecule has 0 unspecified atom stereocenters. The number of carbonyl (C=O) groups excluding carboxylic acids is 1. The Morgan fingerprint density at radius 1 is 1.14 bits per heavy atom. The first-order chi connectivity index (χ1) is 14.2. The predicted octanol–water partition coefficient (Wildman–Crippen LogP) is 5.70. The number of methoxy groups -OCH3 is 1. The van der Waals surface area contributed by atoms with E-state index in [0.29, 0.717) is 22.4 Å². The molecule has 1 fully saturated rings. The molecular weight excluding hydrogens is 406 g/mol. The highest BCUT2D eigenvalue weighted by atomic mass is 35.5. The molecule has 3 aromatic rings. The Morgan fingerprint density at radius 3 is 2.62 bits per heavy atom. The molecule has 0 bridgehead atoms. The van der Waals surface area contributed by atoms with E-state index in [-0.39, 0.29) is 11.5 Å². The molecule has 2 aromatic carbocycles. The fourth-order valence-electron chi connectivity index (χ4n) is 3.78. The van der Waals surface area contributed by atoms with Gasteiger partial charge >= 0.3 is 0 Å². The van der Waals surface area contributed by atoms with Crippen molar-refractivity contribution in [1.82, 2.24) is 14.8 Å². The van der Waals surface area contributed by atoms with Crippen LogP contribution in [0.5, 0.6) is 5.75 Å². The lowest BCUT2D eigenvalue weighted by molar-refractivity contribution is 0.101. The summed E-state index contributed by atoms with van der Waals surface area (Å²) in [6.45, 7) is 0. The Morgan fingerprint density at radius 2 is 1.86 bits per heavy atom. The molecule has 0 saturated heterocycles. The van der Waals surface area contributed by atoms with Gasteiger partial charge in [0.05, 0.1) is 23.4 Å². The van der Waals surface area contributed by atoms with Gasteiger partial charge in [0.25, 0.3) is 0 Å². The van der Waals surface area contributed by atoms with Crippen LogP contribution in [0.4, 0.5) is 0 Å². The van der Waals surface area contributed by atoms with Gasteiger partial charge in [-0.3, -0.25) is 9.36 Å². The molecule has 5 nitrogen and oxygen atoms in total. The van der Waals surface area contributed by atoms with Crippen molar-refractivity contribution in [3.63, 3.8) is 0 Å². The minimum atomic E-state index is 0.00714. The molecule has 1 saturated carbocycles. The SMILES string of the molecule is COc1ccccc1C(=O)CSc1nnc(-c2ccccc2Cl)n1C1CCCC1. The third-order valence-electron chi connectivity index (χ3n) is 5.21. The van der Waals surface area contributed by atoms with E-state index in [9.17, 15) is 4.79 Å². The third-order valence-corrected chi connectivity index (χ3v) is 6.48. The van der Waals surface area contributed by atoms with E-state index in [2.05, 4.69) is 14.8 Å². The van der Waals surface area contributed by atoms with Gasteiger partial charge < -0.3 is 4.74 Å². The van der Waals surface area contributed by atoms with E-state index >= 15 is 0 Å². The van der Waals surface area contributed by atoms with Crippen molar-refractivity contribution in [3.8, 4) is 17.1 Å².